The van der Waals surface area contributed by atoms with Crippen molar-refractivity contribution in [3.8, 4) is 0 Å². The van der Waals surface area contributed by atoms with E-state index >= 15 is 0 Å². The van der Waals surface area contributed by atoms with Crippen LogP contribution in [0.1, 0.15) is 38.3 Å². The van der Waals surface area contributed by atoms with Gasteiger partial charge in [-0.3, -0.25) is 9.59 Å². The molecule has 1 aliphatic rings. The number of aryl methyl sites for hydroxylation is 1. The molecule has 1 heterocycles. The molecule has 0 atom stereocenters. The summed E-state index contributed by atoms with van der Waals surface area (Å²) in [5.74, 6) is -0.174. The molecule has 6 heteroatoms. The molecule has 0 saturated heterocycles. The number of rotatable bonds is 7. The molecule has 33 heavy (non-hydrogen) atoms. The van der Waals surface area contributed by atoms with Gasteiger partial charge in [-0.15, -0.1) is 0 Å². The van der Waals surface area contributed by atoms with E-state index in [1.165, 1.54) is 5.56 Å². The second kappa shape index (κ2) is 10.2. The van der Waals surface area contributed by atoms with Gasteiger partial charge in [0.25, 0.3) is 11.8 Å². The Labute approximate surface area is 199 Å². The van der Waals surface area contributed by atoms with Crippen molar-refractivity contribution in [3.63, 3.8) is 0 Å². The number of nitrogens with one attached hydrogen (secondary N) is 1. The van der Waals surface area contributed by atoms with Gasteiger partial charge in [0.15, 0.2) is 0 Å². The molecule has 0 spiro atoms. The number of benzene rings is 3. The summed E-state index contributed by atoms with van der Waals surface area (Å²) in [5.41, 5.74) is 4.23. The standard InChI is InChI=1S/C27H29N3O2S/c1-19-9-11-20(12-10-19)18-30-23-17-21(26(31)28-15-6-16-29(2)3)13-14-25(23)33-24-8-5-4-7-22(24)27(30)32/h4-5,7-14,17H,6,15-16,18H2,1-3H3,(H,28,31). The van der Waals surface area contributed by atoms with Crippen LogP contribution in [0.2, 0.25) is 0 Å². The monoisotopic (exact) mass is 459 g/mol. The summed E-state index contributed by atoms with van der Waals surface area (Å²) in [5, 5.41) is 3.00. The van der Waals surface area contributed by atoms with E-state index < -0.39 is 0 Å². The third kappa shape index (κ3) is 5.46. The topological polar surface area (TPSA) is 52.7 Å². The van der Waals surface area contributed by atoms with Gasteiger partial charge in [0.2, 0.25) is 0 Å². The number of fused-ring (bicyclic) bond motifs is 2. The van der Waals surface area contributed by atoms with Crippen molar-refractivity contribution in [3.05, 3.63) is 89.0 Å². The Morgan fingerprint density at radius 1 is 1.00 bits per heavy atom. The van der Waals surface area contributed by atoms with E-state index in [4.69, 9.17) is 0 Å². The minimum atomic E-state index is -0.119. The van der Waals surface area contributed by atoms with Gasteiger partial charge in [0.05, 0.1) is 17.8 Å². The highest BCUT2D eigenvalue weighted by Gasteiger charge is 2.28. The van der Waals surface area contributed by atoms with Crippen LogP contribution in [0.4, 0.5) is 5.69 Å². The largest absolute Gasteiger partial charge is 0.352 e. The Morgan fingerprint density at radius 3 is 2.52 bits per heavy atom. The van der Waals surface area contributed by atoms with Crippen molar-refractivity contribution in [2.24, 2.45) is 0 Å². The molecule has 2 amide bonds. The van der Waals surface area contributed by atoms with E-state index in [0.717, 1.165) is 34.0 Å². The zero-order valence-electron chi connectivity index (χ0n) is 19.3. The average molecular weight is 460 g/mol. The summed E-state index contributed by atoms with van der Waals surface area (Å²) in [4.78, 5) is 32.2. The molecule has 1 N–H and O–H groups in total. The van der Waals surface area contributed by atoms with Crippen LogP contribution >= 0.6 is 11.8 Å². The minimum Gasteiger partial charge on any atom is -0.352 e. The molecule has 0 aliphatic carbocycles. The second-order valence-electron chi connectivity index (χ2n) is 8.57. The quantitative estimate of drug-likeness (QED) is 0.506. The van der Waals surface area contributed by atoms with Crippen molar-refractivity contribution >= 4 is 29.3 Å². The Morgan fingerprint density at radius 2 is 1.76 bits per heavy atom. The van der Waals surface area contributed by atoms with Crippen molar-refractivity contribution < 1.29 is 9.59 Å². The maximum Gasteiger partial charge on any atom is 0.259 e. The summed E-state index contributed by atoms with van der Waals surface area (Å²) in [6.45, 7) is 4.01. The molecule has 170 valence electrons. The number of nitrogens with zero attached hydrogens (tertiary/aromatic N) is 2. The van der Waals surface area contributed by atoms with Gasteiger partial charge in [-0.1, -0.05) is 53.7 Å². The number of amides is 2. The predicted molar refractivity (Wildman–Crippen MR) is 134 cm³/mol. The molecule has 3 aromatic carbocycles. The lowest BCUT2D eigenvalue weighted by molar-refractivity contribution is 0.0948. The van der Waals surface area contributed by atoms with Crippen LogP contribution in [0.5, 0.6) is 0 Å². The number of carbonyl (C=O) groups excluding carboxylic acids is 2. The van der Waals surface area contributed by atoms with Gasteiger partial charge in [0.1, 0.15) is 0 Å². The molecule has 0 saturated carbocycles. The SMILES string of the molecule is Cc1ccc(CN2C(=O)c3ccccc3Sc3ccc(C(=O)NCCCN(C)C)cc32)cc1. The fraction of sp³-hybridized carbons (Fsp3) is 0.259. The predicted octanol–water partition coefficient (Wildman–Crippen LogP) is 4.99. The third-order valence-electron chi connectivity index (χ3n) is 5.62. The summed E-state index contributed by atoms with van der Waals surface area (Å²) in [7, 11) is 4.03. The van der Waals surface area contributed by atoms with Gasteiger partial charge in [-0.2, -0.15) is 0 Å². The maximum atomic E-state index is 13.6. The summed E-state index contributed by atoms with van der Waals surface area (Å²) >= 11 is 1.57. The van der Waals surface area contributed by atoms with E-state index in [1.54, 1.807) is 16.7 Å². The van der Waals surface area contributed by atoms with E-state index in [2.05, 4.69) is 22.3 Å². The number of anilines is 1. The van der Waals surface area contributed by atoms with Crippen LogP contribution in [0.15, 0.2) is 76.5 Å². The smallest absolute Gasteiger partial charge is 0.259 e. The Kier molecular flexibility index (Phi) is 7.16. The number of hydrogen-bond donors (Lipinski definition) is 1. The molecular weight excluding hydrogens is 430 g/mol. The second-order valence-corrected chi connectivity index (χ2v) is 9.65. The fourth-order valence-corrected chi connectivity index (χ4v) is 4.85. The normalized spacial score (nSPS) is 12.8. The average Bonchev–Trinajstić information content (AvgIpc) is 2.92. The van der Waals surface area contributed by atoms with E-state index in [1.807, 2.05) is 75.6 Å². The zero-order chi connectivity index (χ0) is 23.4. The Hall–Kier alpha value is -3.09. The summed E-state index contributed by atoms with van der Waals surface area (Å²) < 4.78 is 0. The van der Waals surface area contributed by atoms with Gasteiger partial charge in [-0.25, -0.2) is 0 Å². The van der Waals surface area contributed by atoms with Crippen LogP contribution in [0.25, 0.3) is 0 Å². The lowest BCUT2D eigenvalue weighted by Gasteiger charge is -2.24. The highest BCUT2D eigenvalue weighted by atomic mass is 32.2. The molecule has 5 nitrogen and oxygen atoms in total. The third-order valence-corrected chi connectivity index (χ3v) is 6.76. The van der Waals surface area contributed by atoms with E-state index in [0.29, 0.717) is 24.2 Å². The van der Waals surface area contributed by atoms with E-state index in [9.17, 15) is 9.59 Å². The lowest BCUT2D eigenvalue weighted by Crippen LogP contribution is -2.31. The van der Waals surface area contributed by atoms with Gasteiger partial charge >= 0.3 is 0 Å². The molecule has 4 rings (SSSR count). The van der Waals surface area contributed by atoms with Crippen LogP contribution < -0.4 is 10.2 Å². The Bertz CT molecular complexity index is 1160. The fourth-order valence-electron chi connectivity index (χ4n) is 3.79. The summed E-state index contributed by atoms with van der Waals surface area (Å²) in [6, 6.07) is 21.5. The molecule has 0 aromatic heterocycles. The van der Waals surface area contributed by atoms with Crippen LogP contribution in [0.3, 0.4) is 0 Å². The first-order valence-corrected chi connectivity index (χ1v) is 12.0. The minimum absolute atomic E-state index is 0.0547. The number of carbonyl (C=O) groups is 2. The molecule has 0 bridgehead atoms. The molecule has 0 radical (unpaired) electrons. The Balaban J connectivity index is 1.66. The van der Waals surface area contributed by atoms with Gasteiger partial charge < -0.3 is 15.1 Å². The van der Waals surface area contributed by atoms with Crippen molar-refractivity contribution in [2.75, 3.05) is 32.1 Å². The van der Waals surface area contributed by atoms with Crippen LogP contribution in [-0.2, 0) is 6.54 Å². The molecular formula is C27H29N3O2S. The lowest BCUT2D eigenvalue weighted by atomic mass is 10.1. The first kappa shape index (κ1) is 23.1. The van der Waals surface area contributed by atoms with Crippen LogP contribution in [-0.4, -0.2) is 43.9 Å². The number of hydrogen-bond acceptors (Lipinski definition) is 4. The van der Waals surface area contributed by atoms with Crippen molar-refractivity contribution in [1.29, 1.82) is 0 Å². The van der Waals surface area contributed by atoms with Gasteiger partial charge in [0, 0.05) is 21.9 Å². The van der Waals surface area contributed by atoms with E-state index in [-0.39, 0.29) is 11.8 Å². The van der Waals surface area contributed by atoms with Crippen LogP contribution in [0, 0.1) is 6.92 Å². The maximum absolute atomic E-state index is 13.6. The molecule has 0 unspecified atom stereocenters. The van der Waals surface area contributed by atoms with Crippen molar-refractivity contribution in [2.45, 2.75) is 29.7 Å². The summed E-state index contributed by atoms with van der Waals surface area (Å²) in [6.07, 6.45) is 0.882. The molecule has 1 aliphatic heterocycles. The highest BCUT2D eigenvalue weighted by molar-refractivity contribution is 7.99. The van der Waals surface area contributed by atoms with Gasteiger partial charge in [-0.05, 0) is 69.9 Å². The molecule has 3 aromatic rings. The first-order valence-electron chi connectivity index (χ1n) is 11.1. The van der Waals surface area contributed by atoms with Crippen molar-refractivity contribution in [1.82, 2.24) is 10.2 Å². The highest BCUT2D eigenvalue weighted by Crippen LogP contribution is 2.42. The first-order chi connectivity index (χ1) is 15.9. The zero-order valence-corrected chi connectivity index (χ0v) is 20.1. The molecule has 0 fully saturated rings.